The number of rotatable bonds is 4. The van der Waals surface area contributed by atoms with Crippen molar-refractivity contribution in [3.05, 3.63) is 29.3 Å². The fourth-order valence-electron chi connectivity index (χ4n) is 1.29. The lowest BCUT2D eigenvalue weighted by atomic mass is 10.1. The minimum absolute atomic E-state index is 0.0100. The molecule has 17 heavy (non-hydrogen) atoms. The number of nitrogens with two attached hydrogens (primary N) is 1. The minimum Gasteiger partial charge on any atom is -0.459 e. The van der Waals surface area contributed by atoms with Crippen molar-refractivity contribution in [2.75, 3.05) is 12.3 Å². The average Bonchev–Trinajstić information content (AvgIpc) is 2.29. The molecule has 1 atom stereocenters. The Hall–Kier alpha value is -1.55. The molecule has 0 amide bonds. The lowest BCUT2D eigenvalue weighted by molar-refractivity contribution is 0.0137. The van der Waals surface area contributed by atoms with Gasteiger partial charge in [-0.15, -0.1) is 0 Å². The molecule has 1 aromatic rings. The molecule has 0 saturated carbocycles. The molecule has 0 saturated heterocycles. The van der Waals surface area contributed by atoms with Gasteiger partial charge in [-0.05, 0) is 24.5 Å². The van der Waals surface area contributed by atoms with E-state index in [1.165, 1.54) is 0 Å². The zero-order chi connectivity index (χ0) is 13.0. The lowest BCUT2D eigenvalue weighted by Crippen LogP contribution is -2.24. The summed E-state index contributed by atoms with van der Waals surface area (Å²) in [5, 5.41) is 9.54. The number of carbonyl (C=O) groups excluding carboxylic acids is 1. The summed E-state index contributed by atoms with van der Waals surface area (Å²) in [7, 11) is 0. The Morgan fingerprint density at radius 3 is 2.71 bits per heavy atom. The summed E-state index contributed by atoms with van der Waals surface area (Å²) in [6.45, 7) is 5.54. The van der Waals surface area contributed by atoms with Gasteiger partial charge in [0.1, 0.15) is 6.61 Å². The number of para-hydroxylation sites is 1. The van der Waals surface area contributed by atoms with E-state index >= 15 is 0 Å². The quantitative estimate of drug-likeness (QED) is 0.618. The van der Waals surface area contributed by atoms with E-state index in [2.05, 4.69) is 0 Å². The molecule has 3 N–H and O–H groups in total. The second-order valence-corrected chi connectivity index (χ2v) is 4.45. The molecular weight excluding hydrogens is 218 g/mol. The highest BCUT2D eigenvalue weighted by Crippen LogP contribution is 2.17. The van der Waals surface area contributed by atoms with Crippen LogP contribution in [0.5, 0.6) is 0 Å². The van der Waals surface area contributed by atoms with Crippen LogP contribution in [0.25, 0.3) is 0 Å². The molecule has 0 aromatic heterocycles. The fourth-order valence-corrected chi connectivity index (χ4v) is 1.29. The van der Waals surface area contributed by atoms with Crippen molar-refractivity contribution in [3.8, 4) is 0 Å². The van der Waals surface area contributed by atoms with Gasteiger partial charge >= 0.3 is 5.97 Å². The van der Waals surface area contributed by atoms with Crippen LogP contribution in [-0.4, -0.2) is 23.8 Å². The Morgan fingerprint density at radius 1 is 1.47 bits per heavy atom. The number of hydrogen-bond acceptors (Lipinski definition) is 4. The summed E-state index contributed by atoms with van der Waals surface area (Å²) >= 11 is 0. The molecule has 4 nitrogen and oxygen atoms in total. The van der Waals surface area contributed by atoms with Crippen LogP contribution in [0.15, 0.2) is 18.2 Å². The standard InChI is InChI=1S/C13H19NO3/c1-8(2)11(15)7-17-13(16)10-6-4-5-9(3)12(10)14/h4-6,8,11,15H,7,14H2,1-3H3. The zero-order valence-electron chi connectivity index (χ0n) is 10.4. The SMILES string of the molecule is Cc1cccc(C(=O)OCC(O)C(C)C)c1N. The van der Waals surface area contributed by atoms with Crippen LogP contribution >= 0.6 is 0 Å². The third-order valence-corrected chi connectivity index (χ3v) is 2.70. The Morgan fingerprint density at radius 2 is 2.12 bits per heavy atom. The van der Waals surface area contributed by atoms with E-state index in [1.807, 2.05) is 26.8 Å². The molecule has 1 rings (SSSR count). The largest absolute Gasteiger partial charge is 0.459 e. The predicted octanol–water partition coefficient (Wildman–Crippen LogP) is 1.75. The van der Waals surface area contributed by atoms with Crippen LogP contribution < -0.4 is 5.73 Å². The molecule has 0 aliphatic heterocycles. The van der Waals surface area contributed by atoms with Crippen LogP contribution in [0.2, 0.25) is 0 Å². The number of esters is 1. The van der Waals surface area contributed by atoms with E-state index in [0.717, 1.165) is 5.56 Å². The third-order valence-electron chi connectivity index (χ3n) is 2.70. The van der Waals surface area contributed by atoms with E-state index in [-0.39, 0.29) is 12.5 Å². The first kappa shape index (κ1) is 13.5. The molecule has 0 spiro atoms. The third kappa shape index (κ3) is 3.46. The Bertz CT molecular complexity index is 402. The van der Waals surface area contributed by atoms with Crippen molar-refractivity contribution in [2.45, 2.75) is 26.9 Å². The van der Waals surface area contributed by atoms with Crippen molar-refractivity contribution in [1.82, 2.24) is 0 Å². The average molecular weight is 237 g/mol. The number of aryl methyl sites for hydroxylation is 1. The number of ether oxygens (including phenoxy) is 1. The molecule has 0 fully saturated rings. The summed E-state index contributed by atoms with van der Waals surface area (Å²) in [5.74, 6) is -0.441. The molecule has 4 heteroatoms. The van der Waals surface area contributed by atoms with Gasteiger partial charge in [0.2, 0.25) is 0 Å². The molecule has 0 heterocycles. The molecule has 0 aliphatic rings. The van der Waals surface area contributed by atoms with E-state index < -0.39 is 12.1 Å². The molecule has 94 valence electrons. The zero-order valence-corrected chi connectivity index (χ0v) is 10.4. The van der Waals surface area contributed by atoms with Crippen molar-refractivity contribution >= 4 is 11.7 Å². The number of benzene rings is 1. The van der Waals surface area contributed by atoms with Gasteiger partial charge in [0, 0.05) is 5.69 Å². The summed E-state index contributed by atoms with van der Waals surface area (Å²) in [5.41, 5.74) is 7.40. The van der Waals surface area contributed by atoms with Gasteiger partial charge in [-0.25, -0.2) is 4.79 Å². The van der Waals surface area contributed by atoms with Crippen molar-refractivity contribution < 1.29 is 14.6 Å². The molecule has 1 unspecified atom stereocenters. The van der Waals surface area contributed by atoms with E-state index in [0.29, 0.717) is 11.3 Å². The first-order valence-corrected chi connectivity index (χ1v) is 5.63. The monoisotopic (exact) mass is 237 g/mol. The van der Waals surface area contributed by atoms with E-state index in [4.69, 9.17) is 10.5 Å². The maximum atomic E-state index is 11.7. The number of hydrogen-bond donors (Lipinski definition) is 2. The Balaban J connectivity index is 2.68. The van der Waals surface area contributed by atoms with E-state index in [9.17, 15) is 9.90 Å². The molecule has 0 bridgehead atoms. The highest BCUT2D eigenvalue weighted by molar-refractivity contribution is 5.95. The van der Waals surface area contributed by atoms with Crippen LogP contribution in [0.1, 0.15) is 29.8 Å². The first-order chi connectivity index (χ1) is 7.93. The van der Waals surface area contributed by atoms with Gasteiger partial charge in [0.25, 0.3) is 0 Å². The highest BCUT2D eigenvalue weighted by Gasteiger charge is 2.16. The maximum absolute atomic E-state index is 11.7. The topological polar surface area (TPSA) is 72.5 Å². The van der Waals surface area contributed by atoms with Gasteiger partial charge in [-0.2, -0.15) is 0 Å². The molecule has 0 radical (unpaired) electrons. The van der Waals surface area contributed by atoms with Gasteiger partial charge in [-0.3, -0.25) is 0 Å². The maximum Gasteiger partial charge on any atom is 0.340 e. The first-order valence-electron chi connectivity index (χ1n) is 5.63. The second kappa shape index (κ2) is 5.68. The van der Waals surface area contributed by atoms with E-state index in [1.54, 1.807) is 12.1 Å². The number of anilines is 1. The van der Waals surface area contributed by atoms with Gasteiger partial charge in [-0.1, -0.05) is 26.0 Å². The second-order valence-electron chi connectivity index (χ2n) is 4.45. The number of carbonyl (C=O) groups is 1. The van der Waals surface area contributed by atoms with Crippen molar-refractivity contribution in [1.29, 1.82) is 0 Å². The van der Waals surface area contributed by atoms with Gasteiger partial charge in [0.05, 0.1) is 11.7 Å². The van der Waals surface area contributed by atoms with Gasteiger partial charge in [0.15, 0.2) is 0 Å². The summed E-state index contributed by atoms with van der Waals surface area (Å²) in [6.07, 6.45) is -0.648. The number of nitrogen functional groups attached to an aromatic ring is 1. The summed E-state index contributed by atoms with van der Waals surface area (Å²) < 4.78 is 5.02. The summed E-state index contributed by atoms with van der Waals surface area (Å²) in [4.78, 5) is 11.7. The van der Waals surface area contributed by atoms with Crippen LogP contribution in [0.4, 0.5) is 5.69 Å². The van der Waals surface area contributed by atoms with Crippen LogP contribution in [0.3, 0.4) is 0 Å². The Labute approximate surface area is 101 Å². The molecule has 1 aromatic carbocycles. The summed E-state index contributed by atoms with van der Waals surface area (Å²) in [6, 6.07) is 5.20. The normalized spacial score (nSPS) is 12.5. The van der Waals surface area contributed by atoms with Crippen molar-refractivity contribution in [3.63, 3.8) is 0 Å². The van der Waals surface area contributed by atoms with Crippen LogP contribution in [0, 0.1) is 12.8 Å². The Kier molecular flexibility index (Phi) is 4.52. The van der Waals surface area contributed by atoms with Crippen LogP contribution in [-0.2, 0) is 4.74 Å². The number of aliphatic hydroxyl groups is 1. The molecular formula is C13H19NO3. The highest BCUT2D eigenvalue weighted by atomic mass is 16.5. The van der Waals surface area contributed by atoms with Gasteiger partial charge < -0.3 is 15.6 Å². The smallest absolute Gasteiger partial charge is 0.340 e. The molecule has 0 aliphatic carbocycles. The fraction of sp³-hybridized carbons (Fsp3) is 0.462. The van der Waals surface area contributed by atoms with Crippen molar-refractivity contribution in [2.24, 2.45) is 5.92 Å². The minimum atomic E-state index is -0.648. The number of aliphatic hydroxyl groups excluding tert-OH is 1. The lowest BCUT2D eigenvalue weighted by Gasteiger charge is -2.15. The predicted molar refractivity (Wildman–Crippen MR) is 66.7 cm³/mol.